The van der Waals surface area contributed by atoms with Crippen molar-refractivity contribution in [3.8, 4) is 6.07 Å². The summed E-state index contributed by atoms with van der Waals surface area (Å²) in [6.07, 6.45) is 1.04. The Bertz CT molecular complexity index is 1060. The number of halogens is 2. The summed E-state index contributed by atoms with van der Waals surface area (Å²) >= 11 is 6.17. The zero-order valence-corrected chi connectivity index (χ0v) is 13.1. The van der Waals surface area contributed by atoms with E-state index in [1.54, 1.807) is 0 Å². The summed E-state index contributed by atoms with van der Waals surface area (Å²) in [5.41, 5.74) is 0.352. The van der Waals surface area contributed by atoms with Gasteiger partial charge in [0.1, 0.15) is 16.2 Å². The number of hydrogen-bond donors (Lipinski definition) is 0. The van der Waals surface area contributed by atoms with Gasteiger partial charge in [0.2, 0.25) is 9.84 Å². The van der Waals surface area contributed by atoms with Gasteiger partial charge in [0.15, 0.2) is 0 Å². The molecular formula is C16H8ClFN2O2S. The van der Waals surface area contributed by atoms with Crippen LogP contribution in [-0.4, -0.2) is 13.4 Å². The van der Waals surface area contributed by atoms with Gasteiger partial charge in [-0.05, 0) is 30.3 Å². The first-order valence-electron chi connectivity index (χ1n) is 6.43. The number of benzene rings is 2. The van der Waals surface area contributed by atoms with Crippen LogP contribution in [0, 0.1) is 17.1 Å². The van der Waals surface area contributed by atoms with Gasteiger partial charge in [-0.2, -0.15) is 5.26 Å². The van der Waals surface area contributed by atoms with Crippen LogP contribution < -0.4 is 0 Å². The van der Waals surface area contributed by atoms with E-state index in [0.717, 1.165) is 6.20 Å². The summed E-state index contributed by atoms with van der Waals surface area (Å²) in [5.74, 6) is -0.577. The first-order chi connectivity index (χ1) is 10.9. The van der Waals surface area contributed by atoms with Gasteiger partial charge in [-0.3, -0.25) is 4.98 Å². The summed E-state index contributed by atoms with van der Waals surface area (Å²) < 4.78 is 39.1. The minimum absolute atomic E-state index is 0.0104. The quantitative estimate of drug-likeness (QED) is 0.708. The van der Waals surface area contributed by atoms with E-state index in [1.165, 1.54) is 42.5 Å². The van der Waals surface area contributed by atoms with E-state index in [4.69, 9.17) is 16.9 Å². The molecule has 3 rings (SSSR count). The average molecular weight is 347 g/mol. The van der Waals surface area contributed by atoms with E-state index in [9.17, 15) is 12.8 Å². The summed E-state index contributed by atoms with van der Waals surface area (Å²) in [7, 11) is -3.93. The highest BCUT2D eigenvalue weighted by molar-refractivity contribution is 7.91. The third kappa shape index (κ3) is 2.54. The minimum atomic E-state index is -3.93. The van der Waals surface area contributed by atoms with Crippen LogP contribution in [0.1, 0.15) is 5.56 Å². The Hall–Kier alpha value is -2.49. The molecule has 0 saturated heterocycles. The lowest BCUT2D eigenvalue weighted by Gasteiger charge is -2.09. The Labute approximate surface area is 136 Å². The molecule has 7 heteroatoms. The van der Waals surface area contributed by atoms with Gasteiger partial charge in [0, 0.05) is 11.6 Å². The molecule has 23 heavy (non-hydrogen) atoms. The maximum absolute atomic E-state index is 13.7. The van der Waals surface area contributed by atoms with Crippen LogP contribution in [-0.2, 0) is 9.84 Å². The van der Waals surface area contributed by atoms with E-state index in [0.29, 0.717) is 5.56 Å². The number of rotatable bonds is 2. The molecule has 0 fully saturated rings. The van der Waals surface area contributed by atoms with Crippen molar-refractivity contribution in [2.75, 3.05) is 0 Å². The normalized spacial score (nSPS) is 11.3. The highest BCUT2D eigenvalue weighted by Crippen LogP contribution is 2.33. The van der Waals surface area contributed by atoms with Gasteiger partial charge in [0.05, 0.1) is 21.6 Å². The molecule has 1 heterocycles. The first kappa shape index (κ1) is 15.4. The topological polar surface area (TPSA) is 70.8 Å². The number of para-hydroxylation sites is 1. The van der Waals surface area contributed by atoms with Gasteiger partial charge in [0.25, 0.3) is 0 Å². The molecule has 0 atom stereocenters. The molecule has 1 aromatic heterocycles. The molecule has 0 saturated carbocycles. The molecular weight excluding hydrogens is 339 g/mol. The second-order valence-corrected chi connectivity index (χ2v) is 7.01. The van der Waals surface area contributed by atoms with Crippen LogP contribution in [0.5, 0.6) is 0 Å². The number of aromatic nitrogens is 1. The van der Waals surface area contributed by atoms with Crippen molar-refractivity contribution in [1.82, 2.24) is 4.98 Å². The van der Waals surface area contributed by atoms with Gasteiger partial charge in [-0.25, -0.2) is 12.8 Å². The summed E-state index contributed by atoms with van der Waals surface area (Å²) in [6, 6.07) is 11.5. The first-order valence-corrected chi connectivity index (χ1v) is 8.29. The van der Waals surface area contributed by atoms with Crippen LogP contribution in [0.25, 0.3) is 10.9 Å². The number of pyridine rings is 1. The Balaban J connectivity index is 2.22. The van der Waals surface area contributed by atoms with Crippen molar-refractivity contribution >= 4 is 32.3 Å². The number of fused-ring (bicyclic) bond motifs is 1. The van der Waals surface area contributed by atoms with Crippen molar-refractivity contribution in [3.63, 3.8) is 0 Å². The Morgan fingerprint density at radius 3 is 2.48 bits per heavy atom. The second kappa shape index (κ2) is 5.61. The Morgan fingerprint density at radius 2 is 1.83 bits per heavy atom. The lowest BCUT2D eigenvalue weighted by Crippen LogP contribution is -2.04. The summed E-state index contributed by atoms with van der Waals surface area (Å²) in [4.78, 5) is 3.65. The van der Waals surface area contributed by atoms with E-state index in [-0.39, 0.29) is 25.7 Å². The van der Waals surface area contributed by atoms with Gasteiger partial charge >= 0.3 is 0 Å². The van der Waals surface area contributed by atoms with Crippen molar-refractivity contribution in [2.45, 2.75) is 9.79 Å². The number of nitriles is 1. The number of sulfone groups is 1. The third-order valence-corrected chi connectivity index (χ3v) is 5.63. The largest absolute Gasteiger partial charge is 0.252 e. The van der Waals surface area contributed by atoms with Crippen molar-refractivity contribution in [3.05, 3.63) is 65.1 Å². The maximum Gasteiger partial charge on any atom is 0.209 e. The van der Waals surface area contributed by atoms with E-state index >= 15 is 0 Å². The third-order valence-electron chi connectivity index (χ3n) is 3.33. The molecule has 0 unspecified atom stereocenters. The van der Waals surface area contributed by atoms with Crippen LogP contribution in [0.3, 0.4) is 0 Å². The SMILES string of the molecule is N#Cc1ccc(S(=O)(=O)c2cnc3c(F)cccc3c2Cl)cc1. The van der Waals surface area contributed by atoms with Crippen molar-refractivity contribution in [1.29, 1.82) is 5.26 Å². The molecule has 0 radical (unpaired) electrons. The lowest BCUT2D eigenvalue weighted by molar-refractivity contribution is 0.595. The molecule has 0 aliphatic rings. The predicted octanol–water partition coefficient (Wildman–Crippen LogP) is 3.73. The molecule has 114 valence electrons. The molecule has 0 aliphatic carbocycles. The van der Waals surface area contributed by atoms with Crippen LogP contribution in [0.4, 0.5) is 4.39 Å². The van der Waals surface area contributed by atoms with Gasteiger partial charge in [-0.15, -0.1) is 0 Å². The van der Waals surface area contributed by atoms with Gasteiger partial charge in [-0.1, -0.05) is 23.7 Å². The van der Waals surface area contributed by atoms with E-state index < -0.39 is 15.7 Å². The maximum atomic E-state index is 13.7. The molecule has 0 spiro atoms. The standard InChI is InChI=1S/C16H8ClFN2O2S/c17-15-12-2-1-3-13(18)16(12)20-9-14(15)23(21,22)11-6-4-10(8-19)5-7-11/h1-7,9H. The summed E-state index contributed by atoms with van der Waals surface area (Å²) in [6.45, 7) is 0. The fourth-order valence-corrected chi connectivity index (χ4v) is 3.95. The fourth-order valence-electron chi connectivity index (χ4n) is 2.16. The van der Waals surface area contributed by atoms with E-state index in [2.05, 4.69) is 4.98 Å². The van der Waals surface area contributed by atoms with Crippen molar-refractivity contribution < 1.29 is 12.8 Å². The smallest absolute Gasteiger partial charge is 0.209 e. The molecule has 0 aliphatic heterocycles. The Morgan fingerprint density at radius 1 is 1.13 bits per heavy atom. The van der Waals surface area contributed by atoms with E-state index in [1.807, 2.05) is 6.07 Å². The highest BCUT2D eigenvalue weighted by Gasteiger charge is 2.23. The van der Waals surface area contributed by atoms with Crippen molar-refractivity contribution in [2.24, 2.45) is 0 Å². The van der Waals surface area contributed by atoms with Crippen LogP contribution in [0.15, 0.2) is 58.5 Å². The minimum Gasteiger partial charge on any atom is -0.252 e. The summed E-state index contributed by atoms with van der Waals surface area (Å²) in [5, 5.41) is 8.91. The molecule has 4 nitrogen and oxygen atoms in total. The number of nitrogens with zero attached hydrogens (tertiary/aromatic N) is 2. The monoisotopic (exact) mass is 346 g/mol. The van der Waals surface area contributed by atoms with Crippen LogP contribution >= 0.6 is 11.6 Å². The fraction of sp³-hybridized carbons (Fsp3) is 0. The lowest BCUT2D eigenvalue weighted by atomic mass is 10.2. The van der Waals surface area contributed by atoms with Crippen LogP contribution in [0.2, 0.25) is 5.02 Å². The van der Waals surface area contributed by atoms with Gasteiger partial charge < -0.3 is 0 Å². The highest BCUT2D eigenvalue weighted by atomic mass is 35.5. The molecule has 2 aromatic carbocycles. The molecule has 3 aromatic rings. The zero-order chi connectivity index (χ0) is 16.6. The predicted molar refractivity (Wildman–Crippen MR) is 83.3 cm³/mol. The molecule has 0 N–H and O–H groups in total. The zero-order valence-electron chi connectivity index (χ0n) is 11.5. The second-order valence-electron chi connectivity index (χ2n) is 4.71. The Kier molecular flexibility index (Phi) is 3.76. The average Bonchev–Trinajstić information content (AvgIpc) is 2.56. The molecule has 0 bridgehead atoms. The number of hydrogen-bond acceptors (Lipinski definition) is 4. The molecule has 0 amide bonds.